The normalized spacial score (nSPS) is 11.8. The summed E-state index contributed by atoms with van der Waals surface area (Å²) in [6.07, 6.45) is 1.75. The van der Waals surface area contributed by atoms with E-state index >= 15 is 0 Å². The summed E-state index contributed by atoms with van der Waals surface area (Å²) in [5, 5.41) is 2.18. The summed E-state index contributed by atoms with van der Waals surface area (Å²) in [5.74, 6) is 0.862. The Hall–Kier alpha value is -5.61. The molecule has 9 rings (SSSR count). The van der Waals surface area contributed by atoms with Crippen molar-refractivity contribution in [1.82, 2.24) is 14.5 Å². The fraction of sp³-hybridized carbons (Fsp3) is 0.176. The van der Waals surface area contributed by atoms with Gasteiger partial charge >= 0.3 is 0 Å². The predicted molar refractivity (Wildman–Crippen MR) is 229 cm³/mol. The van der Waals surface area contributed by atoms with Crippen molar-refractivity contribution in [1.29, 1.82) is 0 Å². The molecule has 0 amide bonds. The van der Waals surface area contributed by atoms with Crippen LogP contribution in [0.3, 0.4) is 0 Å². The number of pyridine rings is 1. The molecule has 6 aromatic carbocycles. The zero-order valence-electron chi connectivity index (χ0n) is 33.6. The van der Waals surface area contributed by atoms with Crippen LogP contribution < -0.4 is 0 Å². The second-order valence-electron chi connectivity index (χ2n) is 14.8. The zero-order valence-corrected chi connectivity index (χ0v) is 35.0. The molecule has 0 fully saturated rings. The van der Waals surface area contributed by atoms with Gasteiger partial charge in [0.2, 0.25) is 0 Å². The summed E-state index contributed by atoms with van der Waals surface area (Å²) in [4.78, 5) is 9.54. The van der Waals surface area contributed by atoms with Crippen molar-refractivity contribution in [3.8, 4) is 39.5 Å². The van der Waals surface area contributed by atoms with Crippen LogP contribution in [0.15, 0.2) is 150 Å². The Morgan fingerprint density at radius 3 is 2.07 bits per heavy atom. The predicted octanol–water partition coefficient (Wildman–Crippen LogP) is 14.0. The van der Waals surface area contributed by atoms with Crippen molar-refractivity contribution >= 4 is 33.0 Å². The maximum absolute atomic E-state index is 7.99. The summed E-state index contributed by atoms with van der Waals surface area (Å²) < 4.78 is 16.8. The van der Waals surface area contributed by atoms with Crippen LogP contribution in [0.5, 0.6) is 0 Å². The number of furan rings is 1. The molecule has 0 atom stereocenters. The van der Waals surface area contributed by atoms with Gasteiger partial charge in [0, 0.05) is 38.7 Å². The van der Waals surface area contributed by atoms with Crippen molar-refractivity contribution in [2.45, 2.75) is 59.3 Å². The van der Waals surface area contributed by atoms with Gasteiger partial charge in [-0.2, -0.15) is 0 Å². The molecule has 0 aliphatic heterocycles. The third kappa shape index (κ3) is 7.50. The molecule has 0 bridgehead atoms. The van der Waals surface area contributed by atoms with Gasteiger partial charge in [0.1, 0.15) is 5.58 Å². The maximum Gasteiger partial charge on any atom is 0.120 e. The molecule has 0 saturated carbocycles. The molecule has 0 aliphatic carbocycles. The van der Waals surface area contributed by atoms with E-state index in [1.165, 1.54) is 27.9 Å². The third-order valence-corrected chi connectivity index (χ3v) is 10.2. The number of hydrogen-bond donors (Lipinski definition) is 0. The van der Waals surface area contributed by atoms with E-state index in [1.54, 1.807) is 6.20 Å². The average molecular weight is 909 g/mol. The van der Waals surface area contributed by atoms with E-state index in [-0.39, 0.29) is 20.1 Å². The molecule has 0 N–H and O–H groups in total. The molecule has 0 unspecified atom stereocenters. The van der Waals surface area contributed by atoms with Gasteiger partial charge in [-0.1, -0.05) is 125 Å². The number of imidazole rings is 1. The second-order valence-corrected chi connectivity index (χ2v) is 14.8. The Labute approximate surface area is 345 Å². The number of benzene rings is 6. The minimum Gasteiger partial charge on any atom is -0.501 e. The summed E-state index contributed by atoms with van der Waals surface area (Å²) in [6, 6.07) is 54.4. The van der Waals surface area contributed by atoms with E-state index in [4.69, 9.17) is 10.8 Å². The summed E-state index contributed by atoms with van der Waals surface area (Å²) in [5.41, 5.74) is 13.7. The van der Waals surface area contributed by atoms with Crippen molar-refractivity contribution in [3.63, 3.8) is 0 Å². The number of hydrogen-bond acceptors (Lipinski definition) is 3. The zero-order chi connectivity index (χ0) is 39.0. The molecule has 1 radical (unpaired) electrons. The topological polar surface area (TPSA) is 43.9 Å². The van der Waals surface area contributed by atoms with E-state index in [2.05, 4.69) is 134 Å². The van der Waals surface area contributed by atoms with Gasteiger partial charge in [-0.3, -0.25) is 4.98 Å². The Morgan fingerprint density at radius 1 is 0.661 bits per heavy atom. The smallest absolute Gasteiger partial charge is 0.120 e. The molecule has 0 aliphatic rings. The monoisotopic (exact) mass is 909 g/mol. The molecular formula is C51H45IrN3O-2. The minimum atomic E-state index is -0.591. The van der Waals surface area contributed by atoms with Crippen LogP contribution >= 0.6 is 0 Å². The molecular weight excluding hydrogens is 863 g/mol. The molecule has 0 saturated heterocycles. The molecule has 9 aromatic rings. The molecule has 5 heteroatoms. The first-order valence-corrected chi connectivity index (χ1v) is 19.1. The van der Waals surface area contributed by atoms with Crippen LogP contribution in [0.1, 0.15) is 77.3 Å². The van der Waals surface area contributed by atoms with E-state index in [9.17, 15) is 0 Å². The third-order valence-electron chi connectivity index (χ3n) is 10.2. The van der Waals surface area contributed by atoms with Crippen LogP contribution in [0, 0.1) is 12.1 Å². The number of rotatable bonds is 7. The quantitative estimate of drug-likeness (QED) is 0.150. The average Bonchev–Trinajstić information content (AvgIpc) is 3.80. The van der Waals surface area contributed by atoms with Gasteiger partial charge in [0.25, 0.3) is 0 Å². The Balaban J connectivity index is 0.000000246. The first-order chi connectivity index (χ1) is 27.1. The van der Waals surface area contributed by atoms with Gasteiger partial charge in [-0.15, -0.1) is 54.1 Å². The van der Waals surface area contributed by atoms with Gasteiger partial charge < -0.3 is 14.0 Å². The molecule has 0 spiro atoms. The second kappa shape index (κ2) is 16.6. The van der Waals surface area contributed by atoms with Crippen molar-refractivity contribution in [2.24, 2.45) is 0 Å². The Morgan fingerprint density at radius 2 is 1.36 bits per heavy atom. The van der Waals surface area contributed by atoms with E-state index in [0.29, 0.717) is 11.8 Å². The van der Waals surface area contributed by atoms with Crippen molar-refractivity contribution in [3.05, 3.63) is 175 Å². The van der Waals surface area contributed by atoms with E-state index < -0.39 is 5.89 Å². The molecule has 3 heterocycles. The number of aromatic nitrogens is 3. The van der Waals surface area contributed by atoms with Gasteiger partial charge in [-0.05, 0) is 82.1 Å². The van der Waals surface area contributed by atoms with E-state index in [1.807, 2.05) is 68.4 Å². The SMILES string of the molecule is CC(C)c1cc(-c2ccccc2)cc(C(C)C)c1-n1c(-c2[c-]ccc3c2oc2ccccc23)nc2ccccc21.[2H]C(C)(C)c1ccnc(-c2[c-]cccc2)c1.[Ir]. The van der Waals surface area contributed by atoms with Crippen LogP contribution in [0.4, 0.5) is 0 Å². The number of para-hydroxylation sites is 3. The number of fused-ring (bicyclic) bond motifs is 4. The maximum atomic E-state index is 7.99. The molecule has 56 heavy (non-hydrogen) atoms. The summed E-state index contributed by atoms with van der Waals surface area (Å²) in [7, 11) is 0. The van der Waals surface area contributed by atoms with Crippen molar-refractivity contribution < 1.29 is 25.9 Å². The fourth-order valence-corrected chi connectivity index (χ4v) is 7.33. The van der Waals surface area contributed by atoms with Crippen molar-refractivity contribution in [2.75, 3.05) is 0 Å². The van der Waals surface area contributed by atoms with Gasteiger partial charge in [0.05, 0.1) is 22.4 Å². The van der Waals surface area contributed by atoms with Gasteiger partial charge in [0.15, 0.2) is 0 Å². The van der Waals surface area contributed by atoms with Crippen LogP contribution in [0.25, 0.3) is 72.4 Å². The molecule has 3 aromatic heterocycles. The van der Waals surface area contributed by atoms with Gasteiger partial charge in [-0.25, -0.2) is 0 Å². The first-order valence-electron chi connectivity index (χ1n) is 19.6. The van der Waals surface area contributed by atoms with Crippen LogP contribution in [-0.4, -0.2) is 14.5 Å². The summed E-state index contributed by atoms with van der Waals surface area (Å²) >= 11 is 0. The standard InChI is InChI=1S/C37H31N2O.C14H14N.Ir/c1-23(2)30-21-26(25-13-6-5-7-14-25)22-31(24(3)4)35(30)39-33-19-10-9-18-32(33)38-37(39)29-17-12-16-28-27-15-8-11-20-34(27)40-36(28)29;1-11(2)13-8-9-15-14(10-13)12-6-4-3-5-7-12;/h5-16,18-24H,1-4H3;3-6,8-11H,1-2H3;/q2*-1;/i;11D;. The van der Waals surface area contributed by atoms with Crippen LogP contribution in [-0.2, 0) is 20.1 Å². The Bertz CT molecular complexity index is 2770. The Kier molecular flexibility index (Phi) is 11.1. The van der Waals surface area contributed by atoms with E-state index in [0.717, 1.165) is 61.2 Å². The summed E-state index contributed by atoms with van der Waals surface area (Å²) in [6.45, 7) is 12.9. The fourth-order valence-electron chi connectivity index (χ4n) is 7.33. The molecule has 281 valence electrons. The minimum absolute atomic E-state index is 0. The first kappa shape index (κ1) is 37.3. The molecule has 4 nitrogen and oxygen atoms in total. The number of nitrogens with zero attached hydrogens (tertiary/aromatic N) is 3. The van der Waals surface area contributed by atoms with Crippen LogP contribution in [0.2, 0.25) is 0 Å². The largest absolute Gasteiger partial charge is 0.501 e.